The molecule has 202 valence electrons. The third-order valence-corrected chi connectivity index (χ3v) is 10.4. The third-order valence-electron chi connectivity index (χ3n) is 8.43. The smallest absolute Gasteiger partial charge is 0.311 e. The average molecular weight is 521 g/mol. The first-order valence-corrected chi connectivity index (χ1v) is 14.2. The van der Waals surface area contributed by atoms with Gasteiger partial charge in [0.25, 0.3) is 0 Å². The number of hydrogen-bond acceptors (Lipinski definition) is 6. The molecule has 3 aliphatic rings. The Kier molecular flexibility index (Phi) is 9.03. The number of aliphatic hydroxyl groups is 1. The van der Waals surface area contributed by atoms with Crippen LogP contribution in [0.5, 0.6) is 0 Å². The van der Waals surface area contributed by atoms with Crippen molar-refractivity contribution in [1.29, 1.82) is 0 Å². The van der Waals surface area contributed by atoms with E-state index < -0.39 is 33.4 Å². The molecule has 7 nitrogen and oxygen atoms in total. The van der Waals surface area contributed by atoms with Gasteiger partial charge in [-0.2, -0.15) is 0 Å². The summed E-state index contributed by atoms with van der Waals surface area (Å²) in [5, 5.41) is 10.4. The lowest BCUT2D eigenvalue weighted by molar-refractivity contribution is -0.156. The Hall–Kier alpha value is -1.80. The first-order valence-electron chi connectivity index (χ1n) is 13.4. The first kappa shape index (κ1) is 28.8. The number of hydrogen-bond donors (Lipinski definition) is 1. The van der Waals surface area contributed by atoms with Gasteiger partial charge >= 0.3 is 5.97 Å². The summed E-state index contributed by atoms with van der Waals surface area (Å²) in [6.07, 6.45) is 7.15. The summed E-state index contributed by atoms with van der Waals surface area (Å²) >= 11 is 1.63. The van der Waals surface area contributed by atoms with Gasteiger partial charge in [0.1, 0.15) is 6.04 Å². The Balaban J connectivity index is 2.11. The molecule has 0 aromatic rings. The Morgan fingerprint density at radius 3 is 2.53 bits per heavy atom. The van der Waals surface area contributed by atoms with Gasteiger partial charge in [0, 0.05) is 17.3 Å². The molecule has 0 aromatic carbocycles. The molecule has 1 N–H and O–H groups in total. The van der Waals surface area contributed by atoms with E-state index in [-0.39, 0.29) is 43.0 Å². The second-order valence-electron chi connectivity index (χ2n) is 11.1. The molecule has 0 saturated carbocycles. The molecule has 36 heavy (non-hydrogen) atoms. The van der Waals surface area contributed by atoms with Crippen LogP contribution in [0.25, 0.3) is 0 Å². The van der Waals surface area contributed by atoms with Gasteiger partial charge in [-0.3, -0.25) is 14.4 Å². The minimum Gasteiger partial charge on any atom is -0.465 e. The number of carbonyl (C=O) groups excluding carboxylic acids is 3. The molecule has 7 atom stereocenters. The van der Waals surface area contributed by atoms with Crippen molar-refractivity contribution in [3.8, 4) is 0 Å². The van der Waals surface area contributed by atoms with E-state index in [4.69, 9.17) is 4.74 Å². The fraction of sp³-hybridized carbons (Fsp3) is 0.750. The fourth-order valence-corrected chi connectivity index (χ4v) is 8.99. The minimum absolute atomic E-state index is 0.0154. The lowest BCUT2D eigenvalue weighted by Crippen LogP contribution is -2.59. The van der Waals surface area contributed by atoms with Gasteiger partial charge in [-0.1, -0.05) is 39.3 Å². The van der Waals surface area contributed by atoms with E-state index in [1.165, 1.54) is 0 Å². The number of amides is 2. The van der Waals surface area contributed by atoms with Gasteiger partial charge in [-0.15, -0.1) is 24.9 Å². The van der Waals surface area contributed by atoms with Crippen LogP contribution in [-0.4, -0.2) is 80.1 Å². The fourth-order valence-electron chi connectivity index (χ4n) is 6.67. The van der Waals surface area contributed by atoms with E-state index in [0.29, 0.717) is 19.4 Å². The largest absolute Gasteiger partial charge is 0.465 e. The van der Waals surface area contributed by atoms with Gasteiger partial charge in [0.15, 0.2) is 0 Å². The van der Waals surface area contributed by atoms with Crippen LogP contribution in [0.4, 0.5) is 0 Å². The molecule has 3 aliphatic heterocycles. The minimum atomic E-state index is -0.744. The molecule has 0 radical (unpaired) electrons. The Labute approximate surface area is 220 Å². The van der Waals surface area contributed by atoms with Gasteiger partial charge < -0.3 is 19.6 Å². The molecule has 3 fully saturated rings. The van der Waals surface area contributed by atoms with Crippen molar-refractivity contribution in [2.24, 2.45) is 17.8 Å². The molecule has 3 heterocycles. The van der Waals surface area contributed by atoms with Gasteiger partial charge in [0.2, 0.25) is 11.8 Å². The van der Waals surface area contributed by atoms with E-state index in [9.17, 15) is 19.5 Å². The first-order chi connectivity index (χ1) is 17.0. The molecule has 8 heteroatoms. The van der Waals surface area contributed by atoms with Crippen LogP contribution in [0.3, 0.4) is 0 Å². The zero-order chi connectivity index (χ0) is 26.8. The standard InChI is InChI=1S/C28H44N2O5S/c1-8-11-16-35-26(34)22-21-24(32)30(20(17-31)18(4)5)23(28(21)14-13-27(22,7)36-28)25(33)29(15-10-3)19(6)12-9-2/h8,10,18-23,31H,1,3,9,11-17H2,2,4-7H3/t19?,20-,21-,22+,23?,27-,28?/m0/s1. The van der Waals surface area contributed by atoms with Gasteiger partial charge in [-0.25, -0.2) is 0 Å². The molecular weight excluding hydrogens is 476 g/mol. The Morgan fingerprint density at radius 2 is 1.97 bits per heavy atom. The lowest BCUT2D eigenvalue weighted by atomic mass is 9.66. The van der Waals surface area contributed by atoms with Crippen LogP contribution < -0.4 is 0 Å². The number of aliphatic hydroxyl groups excluding tert-OH is 1. The second kappa shape index (κ2) is 11.3. The highest BCUT2D eigenvalue weighted by atomic mass is 32.2. The Morgan fingerprint density at radius 1 is 1.28 bits per heavy atom. The van der Waals surface area contributed by atoms with Crippen LogP contribution in [0, 0.1) is 17.8 Å². The van der Waals surface area contributed by atoms with E-state index in [0.717, 1.165) is 19.3 Å². The maximum atomic E-state index is 14.4. The third kappa shape index (κ3) is 4.64. The number of carbonyl (C=O) groups is 3. The molecule has 1 spiro atoms. The van der Waals surface area contributed by atoms with Crippen molar-refractivity contribution >= 4 is 29.5 Å². The van der Waals surface area contributed by atoms with Crippen molar-refractivity contribution in [2.75, 3.05) is 19.8 Å². The number of likely N-dealkylation sites (tertiary alicyclic amines) is 1. The van der Waals surface area contributed by atoms with E-state index in [1.807, 2.05) is 32.6 Å². The van der Waals surface area contributed by atoms with Crippen molar-refractivity contribution in [1.82, 2.24) is 9.80 Å². The molecule has 2 amide bonds. The lowest BCUT2D eigenvalue weighted by Gasteiger charge is -2.42. The Bertz CT molecular complexity index is 878. The van der Waals surface area contributed by atoms with Crippen molar-refractivity contribution in [3.05, 3.63) is 25.3 Å². The number of thioether (sulfide) groups is 1. The highest BCUT2D eigenvalue weighted by Gasteiger charge is 2.78. The molecule has 3 unspecified atom stereocenters. The maximum absolute atomic E-state index is 14.4. The summed E-state index contributed by atoms with van der Waals surface area (Å²) in [6.45, 7) is 18.0. The van der Waals surface area contributed by atoms with Crippen LogP contribution in [0.2, 0.25) is 0 Å². The van der Waals surface area contributed by atoms with Crippen molar-refractivity contribution < 1.29 is 24.2 Å². The summed E-state index contributed by atoms with van der Waals surface area (Å²) in [5.41, 5.74) is 0. The summed E-state index contributed by atoms with van der Waals surface area (Å²) in [4.78, 5) is 45.5. The number of rotatable bonds is 13. The summed E-state index contributed by atoms with van der Waals surface area (Å²) in [7, 11) is 0. The molecule has 3 rings (SSSR count). The zero-order valence-corrected chi connectivity index (χ0v) is 23.4. The summed E-state index contributed by atoms with van der Waals surface area (Å²) in [6, 6.07) is -1.27. The number of esters is 1. The second-order valence-corrected chi connectivity index (χ2v) is 13.0. The monoisotopic (exact) mass is 520 g/mol. The van der Waals surface area contributed by atoms with E-state index in [2.05, 4.69) is 20.1 Å². The van der Waals surface area contributed by atoms with Crippen LogP contribution in [0.15, 0.2) is 25.3 Å². The van der Waals surface area contributed by atoms with Crippen LogP contribution in [0.1, 0.15) is 66.7 Å². The van der Waals surface area contributed by atoms with E-state index >= 15 is 0 Å². The van der Waals surface area contributed by atoms with Crippen LogP contribution in [-0.2, 0) is 19.1 Å². The highest BCUT2D eigenvalue weighted by Crippen LogP contribution is 2.72. The summed E-state index contributed by atoms with van der Waals surface area (Å²) < 4.78 is 4.41. The van der Waals surface area contributed by atoms with Crippen LogP contribution >= 0.6 is 11.8 Å². The SMILES string of the molecule is C=CCCOC(=O)[C@H]1[C@H]2C(=O)N([C@@H](CO)C(C)C)C(C(=O)N(CC=C)C(C)CCC)C23CC[C@]1(C)S3. The van der Waals surface area contributed by atoms with Crippen molar-refractivity contribution in [3.63, 3.8) is 0 Å². The quantitative estimate of drug-likeness (QED) is 0.226. The van der Waals surface area contributed by atoms with E-state index in [1.54, 1.807) is 28.8 Å². The predicted molar refractivity (Wildman–Crippen MR) is 143 cm³/mol. The average Bonchev–Trinajstić information content (AvgIpc) is 3.39. The number of nitrogens with zero attached hydrogens (tertiary/aromatic N) is 2. The zero-order valence-electron chi connectivity index (χ0n) is 22.6. The molecule has 0 aliphatic carbocycles. The van der Waals surface area contributed by atoms with Gasteiger partial charge in [-0.05, 0) is 45.4 Å². The predicted octanol–water partition coefficient (Wildman–Crippen LogP) is 3.81. The molecule has 2 bridgehead atoms. The highest BCUT2D eigenvalue weighted by molar-refractivity contribution is 8.02. The molecule has 3 saturated heterocycles. The topological polar surface area (TPSA) is 87.1 Å². The number of ether oxygens (including phenoxy) is 1. The van der Waals surface area contributed by atoms with Crippen molar-refractivity contribution in [2.45, 2.75) is 94.3 Å². The number of fused-ring (bicyclic) bond motifs is 1. The summed E-state index contributed by atoms with van der Waals surface area (Å²) in [5.74, 6) is -2.01. The normalized spacial score (nSPS) is 32.4. The molecule has 0 aromatic heterocycles. The maximum Gasteiger partial charge on any atom is 0.311 e. The van der Waals surface area contributed by atoms with Gasteiger partial charge in [0.05, 0.1) is 35.8 Å². The molecular formula is C28H44N2O5S.